The van der Waals surface area contributed by atoms with Gasteiger partial charge in [-0.05, 0) is 25.1 Å². The summed E-state index contributed by atoms with van der Waals surface area (Å²) < 4.78 is 0. The molecular weight excluding hydrogens is 221 g/mol. The van der Waals surface area contributed by atoms with Crippen LogP contribution in [0.25, 0.3) is 10.8 Å². The first kappa shape index (κ1) is 9.56. The second kappa shape index (κ2) is 3.30. The molecule has 0 unspecified atom stereocenters. The Morgan fingerprint density at radius 1 is 1.21 bits per heavy atom. The summed E-state index contributed by atoms with van der Waals surface area (Å²) >= 11 is 11.8. The zero-order chi connectivity index (χ0) is 10.3. The van der Waals surface area contributed by atoms with Gasteiger partial charge in [0, 0.05) is 16.5 Å². The summed E-state index contributed by atoms with van der Waals surface area (Å²) in [5.41, 5.74) is 0.755. The van der Waals surface area contributed by atoms with Crippen LogP contribution in [0.3, 0.4) is 0 Å². The predicted octanol–water partition coefficient (Wildman–Crippen LogP) is 3.56. The predicted molar refractivity (Wildman–Crippen MR) is 58.2 cm³/mol. The van der Waals surface area contributed by atoms with Gasteiger partial charge in [-0.3, -0.25) is 0 Å². The van der Waals surface area contributed by atoms with E-state index < -0.39 is 0 Å². The third-order valence-corrected chi connectivity index (χ3v) is 2.83. The van der Waals surface area contributed by atoms with Crippen LogP contribution in [0.1, 0.15) is 5.69 Å². The number of aromatic nitrogens is 1. The Kier molecular flexibility index (Phi) is 2.25. The summed E-state index contributed by atoms with van der Waals surface area (Å²) in [5.74, 6) is 0.195. The van der Waals surface area contributed by atoms with Gasteiger partial charge in [0.05, 0.1) is 5.02 Å². The Morgan fingerprint density at radius 2 is 1.93 bits per heavy atom. The van der Waals surface area contributed by atoms with Crippen LogP contribution < -0.4 is 0 Å². The zero-order valence-corrected chi connectivity index (χ0v) is 8.89. The van der Waals surface area contributed by atoms with E-state index in [1.165, 1.54) is 0 Å². The topological polar surface area (TPSA) is 33.1 Å². The number of hydrogen-bond acceptors (Lipinski definition) is 2. The van der Waals surface area contributed by atoms with Crippen LogP contribution in [-0.4, -0.2) is 10.1 Å². The number of fused-ring (bicyclic) bond motifs is 1. The molecule has 2 nitrogen and oxygen atoms in total. The molecule has 0 aliphatic heterocycles. The van der Waals surface area contributed by atoms with Crippen LogP contribution >= 0.6 is 23.2 Å². The number of nitrogens with zero attached hydrogens (tertiary/aromatic N) is 1. The second-order valence-corrected chi connectivity index (χ2v) is 3.77. The number of phenols is 1. The van der Waals surface area contributed by atoms with Gasteiger partial charge in [-0.1, -0.05) is 23.2 Å². The van der Waals surface area contributed by atoms with Crippen molar-refractivity contribution < 1.29 is 5.11 Å². The van der Waals surface area contributed by atoms with E-state index in [-0.39, 0.29) is 5.75 Å². The number of aryl methyl sites for hydroxylation is 1. The first-order valence-corrected chi connectivity index (χ1v) is 4.79. The van der Waals surface area contributed by atoms with Gasteiger partial charge in [0.25, 0.3) is 0 Å². The van der Waals surface area contributed by atoms with E-state index in [1.807, 2.05) is 6.92 Å². The minimum atomic E-state index is 0.195. The van der Waals surface area contributed by atoms with Gasteiger partial charge >= 0.3 is 0 Å². The van der Waals surface area contributed by atoms with E-state index in [1.54, 1.807) is 18.2 Å². The standard InChI is InChI=1S/C10H7Cl2NO/c1-5-8-4-6(14)2-3-7(8)9(11)10(12)13-5/h2-4,14H,1H3. The van der Waals surface area contributed by atoms with Gasteiger partial charge in [-0.2, -0.15) is 0 Å². The quantitative estimate of drug-likeness (QED) is 0.699. The average Bonchev–Trinajstić information content (AvgIpc) is 2.14. The fraction of sp³-hybridized carbons (Fsp3) is 0.100. The Hall–Kier alpha value is -0.990. The van der Waals surface area contributed by atoms with E-state index in [0.717, 1.165) is 16.5 Å². The molecule has 0 amide bonds. The van der Waals surface area contributed by atoms with E-state index in [4.69, 9.17) is 23.2 Å². The molecule has 1 aromatic heterocycles. The summed E-state index contributed by atoms with van der Waals surface area (Å²) in [7, 11) is 0. The Morgan fingerprint density at radius 3 is 2.64 bits per heavy atom. The highest BCUT2D eigenvalue weighted by Crippen LogP contribution is 2.32. The SMILES string of the molecule is Cc1nc(Cl)c(Cl)c2ccc(O)cc12. The monoisotopic (exact) mass is 227 g/mol. The van der Waals surface area contributed by atoms with Crippen LogP contribution in [-0.2, 0) is 0 Å². The molecule has 0 bridgehead atoms. The van der Waals surface area contributed by atoms with Gasteiger partial charge in [0.15, 0.2) is 0 Å². The van der Waals surface area contributed by atoms with Gasteiger partial charge in [0.1, 0.15) is 10.9 Å². The van der Waals surface area contributed by atoms with Gasteiger partial charge in [0.2, 0.25) is 0 Å². The highest BCUT2D eigenvalue weighted by Gasteiger charge is 2.08. The minimum Gasteiger partial charge on any atom is -0.508 e. The molecule has 0 aliphatic rings. The number of benzene rings is 1. The molecule has 0 fully saturated rings. The lowest BCUT2D eigenvalue weighted by Gasteiger charge is -2.05. The molecule has 2 rings (SSSR count). The van der Waals surface area contributed by atoms with E-state index in [2.05, 4.69) is 4.98 Å². The molecule has 14 heavy (non-hydrogen) atoms. The Labute approximate surface area is 91.1 Å². The normalized spacial score (nSPS) is 10.8. The van der Waals surface area contributed by atoms with Crippen molar-refractivity contribution in [1.29, 1.82) is 0 Å². The molecule has 1 N–H and O–H groups in total. The van der Waals surface area contributed by atoms with Crippen molar-refractivity contribution in [2.45, 2.75) is 6.92 Å². The van der Waals surface area contributed by atoms with Crippen LogP contribution in [0, 0.1) is 6.92 Å². The van der Waals surface area contributed by atoms with Crippen LogP contribution in [0.4, 0.5) is 0 Å². The van der Waals surface area contributed by atoms with Crippen molar-refractivity contribution in [1.82, 2.24) is 4.98 Å². The van der Waals surface area contributed by atoms with E-state index in [0.29, 0.717) is 10.2 Å². The molecule has 0 atom stereocenters. The van der Waals surface area contributed by atoms with Crippen molar-refractivity contribution in [3.8, 4) is 5.75 Å². The number of pyridine rings is 1. The maximum atomic E-state index is 9.31. The van der Waals surface area contributed by atoms with E-state index >= 15 is 0 Å². The van der Waals surface area contributed by atoms with Gasteiger partial charge in [-0.25, -0.2) is 4.98 Å². The molecule has 0 saturated carbocycles. The molecule has 72 valence electrons. The van der Waals surface area contributed by atoms with Crippen molar-refractivity contribution >= 4 is 34.0 Å². The number of rotatable bonds is 0. The molecule has 0 saturated heterocycles. The van der Waals surface area contributed by atoms with Gasteiger partial charge in [-0.15, -0.1) is 0 Å². The second-order valence-electron chi connectivity index (χ2n) is 3.03. The number of halogens is 2. The fourth-order valence-electron chi connectivity index (χ4n) is 1.39. The van der Waals surface area contributed by atoms with Crippen molar-refractivity contribution in [3.05, 3.63) is 34.1 Å². The lowest BCUT2D eigenvalue weighted by atomic mass is 10.1. The average molecular weight is 228 g/mol. The summed E-state index contributed by atoms with van der Waals surface area (Å²) in [6, 6.07) is 4.93. The summed E-state index contributed by atoms with van der Waals surface area (Å²) in [4.78, 5) is 4.06. The lowest BCUT2D eigenvalue weighted by Crippen LogP contribution is -1.87. The zero-order valence-electron chi connectivity index (χ0n) is 7.38. The smallest absolute Gasteiger partial charge is 0.148 e. The highest BCUT2D eigenvalue weighted by molar-refractivity contribution is 6.44. The molecule has 4 heteroatoms. The lowest BCUT2D eigenvalue weighted by molar-refractivity contribution is 0.476. The molecular formula is C10H7Cl2NO. The minimum absolute atomic E-state index is 0.195. The number of phenolic OH excluding ortho intramolecular Hbond substituents is 1. The summed E-state index contributed by atoms with van der Waals surface area (Å²) in [5, 5.41) is 11.7. The number of aromatic hydroxyl groups is 1. The summed E-state index contributed by atoms with van der Waals surface area (Å²) in [6.45, 7) is 1.82. The van der Waals surface area contributed by atoms with Crippen LogP contribution in [0.15, 0.2) is 18.2 Å². The van der Waals surface area contributed by atoms with Crippen LogP contribution in [0.2, 0.25) is 10.2 Å². The molecule has 1 heterocycles. The molecule has 2 aromatic rings. The van der Waals surface area contributed by atoms with E-state index in [9.17, 15) is 5.11 Å². The molecule has 0 aliphatic carbocycles. The molecule has 0 spiro atoms. The largest absolute Gasteiger partial charge is 0.508 e. The summed E-state index contributed by atoms with van der Waals surface area (Å²) in [6.07, 6.45) is 0. The Bertz CT molecular complexity index is 511. The van der Waals surface area contributed by atoms with Crippen molar-refractivity contribution in [2.75, 3.05) is 0 Å². The van der Waals surface area contributed by atoms with Crippen molar-refractivity contribution in [2.24, 2.45) is 0 Å². The third kappa shape index (κ3) is 1.41. The van der Waals surface area contributed by atoms with Gasteiger partial charge < -0.3 is 5.11 Å². The third-order valence-electron chi connectivity index (χ3n) is 2.08. The van der Waals surface area contributed by atoms with Crippen LogP contribution in [0.5, 0.6) is 5.75 Å². The highest BCUT2D eigenvalue weighted by atomic mass is 35.5. The maximum absolute atomic E-state index is 9.31. The molecule has 1 aromatic carbocycles. The first-order valence-electron chi connectivity index (χ1n) is 4.04. The first-order chi connectivity index (χ1) is 6.59. The Balaban J connectivity index is 2.94. The number of hydrogen-bond donors (Lipinski definition) is 1. The maximum Gasteiger partial charge on any atom is 0.148 e. The molecule has 0 radical (unpaired) electrons. The van der Waals surface area contributed by atoms with Crippen molar-refractivity contribution in [3.63, 3.8) is 0 Å². The fourth-order valence-corrected chi connectivity index (χ4v) is 1.83.